The second-order valence-corrected chi connectivity index (χ2v) is 6.90. The summed E-state index contributed by atoms with van der Waals surface area (Å²) < 4.78 is 11.2. The molecule has 1 unspecified atom stereocenters. The van der Waals surface area contributed by atoms with Gasteiger partial charge in [-0.15, -0.1) is 0 Å². The van der Waals surface area contributed by atoms with E-state index in [4.69, 9.17) is 9.47 Å². The predicted molar refractivity (Wildman–Crippen MR) is 107 cm³/mol. The Morgan fingerprint density at radius 1 is 1.31 bits per heavy atom. The van der Waals surface area contributed by atoms with Crippen LogP contribution in [0, 0.1) is 6.92 Å². The van der Waals surface area contributed by atoms with Crippen LogP contribution in [-0.4, -0.2) is 69.9 Å². The van der Waals surface area contributed by atoms with Crippen molar-refractivity contribution in [3.05, 3.63) is 29.8 Å². The number of guanidine groups is 1. The molecule has 26 heavy (non-hydrogen) atoms. The van der Waals surface area contributed by atoms with Crippen LogP contribution < -0.4 is 15.4 Å². The molecule has 146 valence electrons. The second-order valence-electron chi connectivity index (χ2n) is 6.90. The van der Waals surface area contributed by atoms with E-state index in [2.05, 4.69) is 40.4 Å². The molecule has 0 amide bonds. The molecule has 6 nitrogen and oxygen atoms in total. The Hall–Kier alpha value is -1.79. The second kappa shape index (κ2) is 11.0. The Morgan fingerprint density at radius 3 is 2.69 bits per heavy atom. The van der Waals surface area contributed by atoms with Crippen molar-refractivity contribution in [2.75, 3.05) is 46.9 Å². The largest absolute Gasteiger partial charge is 0.489 e. The molecule has 0 spiro atoms. The average Bonchev–Trinajstić information content (AvgIpc) is 2.66. The van der Waals surface area contributed by atoms with Gasteiger partial charge in [-0.3, -0.25) is 4.99 Å². The average molecular weight is 363 g/mol. The summed E-state index contributed by atoms with van der Waals surface area (Å²) in [5.74, 6) is 1.79. The number of para-hydroxylation sites is 1. The zero-order valence-corrected chi connectivity index (χ0v) is 16.6. The van der Waals surface area contributed by atoms with Crippen LogP contribution >= 0.6 is 0 Å². The first-order valence-corrected chi connectivity index (χ1v) is 9.53. The fourth-order valence-electron chi connectivity index (χ4n) is 3.10. The molecule has 2 rings (SSSR count). The van der Waals surface area contributed by atoms with Crippen molar-refractivity contribution in [2.24, 2.45) is 4.99 Å². The van der Waals surface area contributed by atoms with Crippen LogP contribution in [0.3, 0.4) is 0 Å². The third kappa shape index (κ3) is 6.84. The summed E-state index contributed by atoms with van der Waals surface area (Å²) in [6, 6.07) is 8.57. The number of likely N-dealkylation sites (tertiary alicyclic amines) is 1. The van der Waals surface area contributed by atoms with Gasteiger partial charge in [0.05, 0.1) is 13.2 Å². The maximum absolute atomic E-state index is 6.02. The molecule has 1 aromatic rings. The van der Waals surface area contributed by atoms with E-state index in [1.165, 1.54) is 0 Å². The quantitative estimate of drug-likeness (QED) is 0.547. The van der Waals surface area contributed by atoms with E-state index in [-0.39, 0.29) is 6.10 Å². The highest BCUT2D eigenvalue weighted by molar-refractivity contribution is 5.80. The van der Waals surface area contributed by atoms with Crippen LogP contribution in [-0.2, 0) is 4.74 Å². The van der Waals surface area contributed by atoms with Crippen molar-refractivity contribution < 1.29 is 9.47 Å². The van der Waals surface area contributed by atoms with E-state index in [1.54, 1.807) is 7.11 Å². The minimum atomic E-state index is 0.0607. The number of hydrogen-bond donors (Lipinski definition) is 2. The Morgan fingerprint density at radius 2 is 2.04 bits per heavy atom. The Balaban J connectivity index is 1.70. The number of methoxy groups -OCH3 is 1. The number of benzene rings is 1. The summed E-state index contributed by atoms with van der Waals surface area (Å²) in [5, 5.41) is 6.92. The number of ether oxygens (including phenoxy) is 2. The van der Waals surface area contributed by atoms with E-state index >= 15 is 0 Å². The van der Waals surface area contributed by atoms with Crippen LogP contribution in [0.25, 0.3) is 0 Å². The van der Waals surface area contributed by atoms with Crippen LogP contribution in [0.2, 0.25) is 0 Å². The highest BCUT2D eigenvalue weighted by Crippen LogP contribution is 2.17. The van der Waals surface area contributed by atoms with Gasteiger partial charge in [0.15, 0.2) is 5.96 Å². The number of rotatable bonds is 8. The van der Waals surface area contributed by atoms with Crippen molar-refractivity contribution in [3.8, 4) is 5.75 Å². The van der Waals surface area contributed by atoms with Crippen molar-refractivity contribution in [2.45, 2.75) is 38.8 Å². The molecule has 0 saturated carbocycles. The highest BCUT2D eigenvalue weighted by Gasteiger charge is 2.19. The Kier molecular flexibility index (Phi) is 8.71. The van der Waals surface area contributed by atoms with E-state index < -0.39 is 0 Å². The van der Waals surface area contributed by atoms with Gasteiger partial charge in [0, 0.05) is 39.8 Å². The lowest BCUT2D eigenvalue weighted by Crippen LogP contribution is -2.50. The minimum absolute atomic E-state index is 0.0607. The third-order valence-corrected chi connectivity index (χ3v) is 4.74. The molecular weight excluding hydrogens is 328 g/mol. The zero-order valence-electron chi connectivity index (χ0n) is 16.6. The van der Waals surface area contributed by atoms with Crippen LogP contribution in [0.15, 0.2) is 29.3 Å². The third-order valence-electron chi connectivity index (χ3n) is 4.74. The number of aryl methyl sites for hydroxylation is 1. The van der Waals surface area contributed by atoms with Crippen molar-refractivity contribution in [3.63, 3.8) is 0 Å². The van der Waals surface area contributed by atoms with E-state index in [0.29, 0.717) is 12.6 Å². The smallest absolute Gasteiger partial charge is 0.191 e. The zero-order chi connectivity index (χ0) is 18.8. The van der Waals surface area contributed by atoms with Gasteiger partial charge in [-0.25, -0.2) is 0 Å². The first-order valence-electron chi connectivity index (χ1n) is 9.53. The van der Waals surface area contributed by atoms with Gasteiger partial charge in [0.1, 0.15) is 11.9 Å². The van der Waals surface area contributed by atoms with E-state index in [1.807, 2.05) is 25.2 Å². The topological polar surface area (TPSA) is 58.1 Å². The van der Waals surface area contributed by atoms with Crippen LogP contribution in [0.4, 0.5) is 0 Å². The summed E-state index contributed by atoms with van der Waals surface area (Å²) in [4.78, 5) is 6.81. The maximum atomic E-state index is 6.02. The number of nitrogens with zero attached hydrogens (tertiary/aromatic N) is 2. The van der Waals surface area contributed by atoms with Gasteiger partial charge in [0.25, 0.3) is 0 Å². The van der Waals surface area contributed by atoms with Gasteiger partial charge >= 0.3 is 0 Å². The van der Waals surface area contributed by atoms with E-state index in [9.17, 15) is 0 Å². The first kappa shape index (κ1) is 20.5. The van der Waals surface area contributed by atoms with Crippen molar-refractivity contribution in [1.29, 1.82) is 0 Å². The summed E-state index contributed by atoms with van der Waals surface area (Å²) in [6.45, 7) is 8.87. The lowest BCUT2D eigenvalue weighted by atomic mass is 10.1. The monoisotopic (exact) mass is 362 g/mol. The predicted octanol–water partition coefficient (Wildman–Crippen LogP) is 2.04. The molecule has 0 radical (unpaired) electrons. The van der Waals surface area contributed by atoms with Gasteiger partial charge < -0.3 is 25.0 Å². The molecule has 1 fully saturated rings. The van der Waals surface area contributed by atoms with Gasteiger partial charge in [-0.05, 0) is 38.3 Å². The summed E-state index contributed by atoms with van der Waals surface area (Å²) >= 11 is 0. The highest BCUT2D eigenvalue weighted by atomic mass is 16.5. The molecule has 1 saturated heterocycles. The normalized spacial score (nSPS) is 17.8. The molecule has 2 N–H and O–H groups in total. The number of nitrogens with one attached hydrogen (secondary N) is 2. The molecule has 0 aliphatic carbocycles. The van der Waals surface area contributed by atoms with Crippen molar-refractivity contribution >= 4 is 5.96 Å². The molecule has 0 aromatic heterocycles. The maximum Gasteiger partial charge on any atom is 0.191 e. The molecular formula is C20H34N4O2. The SMILES string of the molecule is CN=C(NCC(C)Oc1ccccc1C)NC1CCN(CCOC)CC1. The van der Waals surface area contributed by atoms with Crippen molar-refractivity contribution in [1.82, 2.24) is 15.5 Å². The van der Waals surface area contributed by atoms with Gasteiger partial charge in [-0.2, -0.15) is 0 Å². The lowest BCUT2D eigenvalue weighted by molar-refractivity contribution is 0.128. The molecule has 1 heterocycles. The minimum Gasteiger partial charge on any atom is -0.489 e. The number of piperidine rings is 1. The molecule has 1 aliphatic heterocycles. The van der Waals surface area contributed by atoms with E-state index in [0.717, 1.165) is 56.4 Å². The Bertz CT molecular complexity index is 556. The summed E-state index contributed by atoms with van der Waals surface area (Å²) in [7, 11) is 3.57. The summed E-state index contributed by atoms with van der Waals surface area (Å²) in [5.41, 5.74) is 1.15. The molecule has 1 atom stereocenters. The fraction of sp³-hybridized carbons (Fsp3) is 0.650. The standard InChI is InChI=1S/C20H34N4O2/c1-16-7-5-6-8-19(16)26-17(2)15-22-20(21-3)23-18-9-11-24(12-10-18)13-14-25-4/h5-8,17-18H,9-15H2,1-4H3,(H2,21,22,23). The van der Waals surface area contributed by atoms with Gasteiger partial charge in [0.2, 0.25) is 0 Å². The van der Waals surface area contributed by atoms with Gasteiger partial charge in [-0.1, -0.05) is 18.2 Å². The van der Waals surface area contributed by atoms with Crippen LogP contribution in [0.5, 0.6) is 5.75 Å². The fourth-order valence-corrected chi connectivity index (χ4v) is 3.10. The summed E-state index contributed by atoms with van der Waals surface area (Å²) in [6.07, 6.45) is 2.31. The number of hydrogen-bond acceptors (Lipinski definition) is 4. The molecule has 1 aromatic carbocycles. The number of aliphatic imine (C=N–C) groups is 1. The van der Waals surface area contributed by atoms with Crippen LogP contribution in [0.1, 0.15) is 25.3 Å². The molecule has 1 aliphatic rings. The molecule has 6 heteroatoms. The lowest BCUT2D eigenvalue weighted by Gasteiger charge is -2.33. The Labute approximate surface area is 158 Å². The first-order chi connectivity index (χ1) is 12.6. The molecule has 0 bridgehead atoms.